The SMILES string of the molecule is COC(=O)c1ccc2c(C(=Nc3ccc(N(C)C(=O)CN4CCN(C)CC4)cc3)c3ccc4c(c3)OC=CO4)c(O)[nH]c2c1. The number of esters is 1. The number of aromatic amines is 1. The van der Waals surface area contributed by atoms with Crippen LogP contribution in [0.1, 0.15) is 21.5 Å². The Balaban J connectivity index is 1.34. The van der Waals surface area contributed by atoms with E-state index in [9.17, 15) is 14.7 Å². The minimum absolute atomic E-state index is 0.0202. The van der Waals surface area contributed by atoms with Crippen LogP contribution >= 0.6 is 0 Å². The third kappa shape index (κ3) is 5.87. The lowest BCUT2D eigenvalue weighted by molar-refractivity contribution is -0.119. The molecule has 1 aromatic heterocycles. The number of aliphatic imine (C=N–C) groups is 1. The first kappa shape index (κ1) is 29.0. The largest absolute Gasteiger partial charge is 0.494 e. The number of nitrogens with zero attached hydrogens (tertiary/aromatic N) is 4. The first-order valence-electron chi connectivity index (χ1n) is 14.2. The predicted octanol–water partition coefficient (Wildman–Crippen LogP) is 4.28. The molecular weight excluding hydrogens is 562 g/mol. The van der Waals surface area contributed by atoms with Crippen LogP contribution in [-0.2, 0) is 9.53 Å². The number of nitrogens with one attached hydrogen (secondary N) is 1. The summed E-state index contributed by atoms with van der Waals surface area (Å²) in [6.45, 7) is 4.00. The summed E-state index contributed by atoms with van der Waals surface area (Å²) in [7, 11) is 5.18. The number of benzene rings is 3. The van der Waals surface area contributed by atoms with Gasteiger partial charge in [-0.2, -0.15) is 0 Å². The van der Waals surface area contributed by atoms with Gasteiger partial charge in [-0.25, -0.2) is 9.79 Å². The van der Waals surface area contributed by atoms with Gasteiger partial charge < -0.3 is 34.1 Å². The molecule has 4 aromatic rings. The molecule has 0 saturated carbocycles. The molecule has 0 radical (unpaired) electrons. The number of ether oxygens (including phenoxy) is 3. The number of aromatic hydroxyl groups is 1. The number of amides is 1. The molecule has 2 N–H and O–H groups in total. The van der Waals surface area contributed by atoms with Crippen molar-refractivity contribution in [3.8, 4) is 17.4 Å². The van der Waals surface area contributed by atoms with Gasteiger partial charge in [0.25, 0.3) is 0 Å². The highest BCUT2D eigenvalue weighted by atomic mass is 16.5. The number of likely N-dealkylation sites (N-methyl/N-ethyl adjacent to an activating group) is 2. The maximum Gasteiger partial charge on any atom is 0.337 e. The molecule has 0 atom stereocenters. The minimum atomic E-state index is -0.483. The number of carbonyl (C=O) groups excluding carboxylic acids is 2. The fraction of sp³-hybridized carbons (Fsp3) is 0.242. The van der Waals surface area contributed by atoms with Crippen LogP contribution in [0.4, 0.5) is 11.4 Å². The number of anilines is 1. The van der Waals surface area contributed by atoms with Crippen LogP contribution in [0, 0.1) is 0 Å². The second kappa shape index (κ2) is 12.2. The first-order chi connectivity index (χ1) is 21.3. The summed E-state index contributed by atoms with van der Waals surface area (Å²) in [4.78, 5) is 39.2. The van der Waals surface area contributed by atoms with Gasteiger partial charge in [0.15, 0.2) is 17.4 Å². The van der Waals surface area contributed by atoms with E-state index in [1.165, 1.54) is 19.6 Å². The van der Waals surface area contributed by atoms with Crippen molar-refractivity contribution in [2.75, 3.05) is 58.8 Å². The van der Waals surface area contributed by atoms with Gasteiger partial charge in [-0.05, 0) is 61.6 Å². The number of aromatic nitrogens is 1. The second-order valence-corrected chi connectivity index (χ2v) is 10.8. The van der Waals surface area contributed by atoms with E-state index in [0.29, 0.717) is 57.0 Å². The van der Waals surface area contributed by atoms with E-state index < -0.39 is 5.97 Å². The van der Waals surface area contributed by atoms with Gasteiger partial charge in [-0.1, -0.05) is 6.07 Å². The number of hydrogen-bond acceptors (Lipinski definition) is 9. The van der Waals surface area contributed by atoms with Gasteiger partial charge in [0.1, 0.15) is 12.5 Å². The quantitative estimate of drug-likeness (QED) is 0.240. The number of carbonyl (C=O) groups is 2. The number of piperazine rings is 1. The number of fused-ring (bicyclic) bond motifs is 2. The Morgan fingerprint density at radius 3 is 2.39 bits per heavy atom. The van der Waals surface area contributed by atoms with Gasteiger partial charge in [0.2, 0.25) is 5.91 Å². The summed E-state index contributed by atoms with van der Waals surface area (Å²) in [5, 5.41) is 11.8. The molecule has 3 aromatic carbocycles. The van der Waals surface area contributed by atoms with E-state index >= 15 is 0 Å². The van der Waals surface area contributed by atoms with Crippen LogP contribution in [0.25, 0.3) is 10.9 Å². The summed E-state index contributed by atoms with van der Waals surface area (Å²) in [6, 6.07) is 17.8. The van der Waals surface area contributed by atoms with Gasteiger partial charge in [-0.15, -0.1) is 0 Å². The fourth-order valence-electron chi connectivity index (χ4n) is 5.31. The van der Waals surface area contributed by atoms with E-state index in [4.69, 9.17) is 19.2 Å². The number of methoxy groups -OCH3 is 1. The Hall–Kier alpha value is -5.13. The zero-order chi connectivity index (χ0) is 30.8. The zero-order valence-electron chi connectivity index (χ0n) is 24.7. The Bertz CT molecular complexity index is 1770. The number of rotatable bonds is 7. The van der Waals surface area contributed by atoms with E-state index in [-0.39, 0.29) is 11.8 Å². The summed E-state index contributed by atoms with van der Waals surface area (Å²) in [5.74, 6) is 0.479. The van der Waals surface area contributed by atoms with Crippen molar-refractivity contribution >= 4 is 39.9 Å². The molecule has 44 heavy (non-hydrogen) atoms. The molecule has 1 fully saturated rings. The molecule has 11 nitrogen and oxygen atoms in total. The summed E-state index contributed by atoms with van der Waals surface area (Å²) >= 11 is 0. The maximum atomic E-state index is 13.0. The molecule has 6 rings (SSSR count). The lowest BCUT2D eigenvalue weighted by Gasteiger charge is -2.32. The second-order valence-electron chi connectivity index (χ2n) is 10.8. The average Bonchev–Trinajstić information content (AvgIpc) is 3.38. The summed E-state index contributed by atoms with van der Waals surface area (Å²) in [6.07, 6.45) is 2.90. The van der Waals surface area contributed by atoms with Gasteiger partial charge in [0.05, 0.1) is 36.2 Å². The Morgan fingerprint density at radius 1 is 0.955 bits per heavy atom. The zero-order valence-corrected chi connectivity index (χ0v) is 24.7. The van der Waals surface area contributed by atoms with Crippen molar-refractivity contribution in [2.45, 2.75) is 0 Å². The molecule has 1 amide bonds. The molecule has 0 bridgehead atoms. The van der Waals surface area contributed by atoms with Crippen LogP contribution in [0.5, 0.6) is 17.4 Å². The third-order valence-corrected chi connectivity index (χ3v) is 7.91. The van der Waals surface area contributed by atoms with Crippen LogP contribution in [-0.4, -0.2) is 91.4 Å². The van der Waals surface area contributed by atoms with Gasteiger partial charge in [-0.3, -0.25) is 9.69 Å². The molecule has 2 aliphatic rings. The molecule has 1 saturated heterocycles. The molecular formula is C33H33N5O6. The van der Waals surface area contributed by atoms with Crippen molar-refractivity contribution in [1.29, 1.82) is 0 Å². The number of hydrogen-bond donors (Lipinski definition) is 2. The van der Waals surface area contributed by atoms with Crippen molar-refractivity contribution in [2.24, 2.45) is 4.99 Å². The molecule has 0 aliphatic carbocycles. The van der Waals surface area contributed by atoms with Gasteiger partial charge in [0, 0.05) is 55.4 Å². The highest BCUT2D eigenvalue weighted by molar-refractivity contribution is 6.22. The minimum Gasteiger partial charge on any atom is -0.494 e. The standard InChI is InChI=1S/C33H33N5O6/c1-36-12-14-38(15-13-36)20-29(39)37(2)24-8-6-23(7-9-24)34-31(21-5-11-27-28(19-21)44-17-16-43-27)30-25-10-4-22(33(41)42-3)18-26(25)35-32(30)40/h4-11,16-19,35,40H,12-15,20H2,1-3H3. The van der Waals surface area contributed by atoms with E-state index in [1.54, 1.807) is 42.3 Å². The Morgan fingerprint density at radius 2 is 1.66 bits per heavy atom. The third-order valence-electron chi connectivity index (χ3n) is 7.91. The van der Waals surface area contributed by atoms with Crippen molar-refractivity contribution in [3.05, 3.63) is 89.9 Å². The summed E-state index contributed by atoms with van der Waals surface area (Å²) in [5.41, 5.74) is 3.84. The normalized spacial score (nSPS) is 15.4. The van der Waals surface area contributed by atoms with Crippen LogP contribution in [0.2, 0.25) is 0 Å². The topological polar surface area (TPSA) is 120 Å². The van der Waals surface area contributed by atoms with Crippen molar-refractivity contribution in [3.63, 3.8) is 0 Å². The maximum absolute atomic E-state index is 13.0. The molecule has 3 heterocycles. The van der Waals surface area contributed by atoms with Crippen LogP contribution in [0.15, 0.2) is 78.2 Å². The van der Waals surface area contributed by atoms with E-state index in [0.717, 1.165) is 31.9 Å². The molecule has 226 valence electrons. The molecule has 0 spiro atoms. The monoisotopic (exact) mass is 595 g/mol. The lowest BCUT2D eigenvalue weighted by atomic mass is 9.99. The van der Waals surface area contributed by atoms with Crippen LogP contribution < -0.4 is 14.4 Å². The van der Waals surface area contributed by atoms with E-state index in [2.05, 4.69) is 21.8 Å². The number of H-pyrrole nitrogens is 1. The summed E-state index contributed by atoms with van der Waals surface area (Å²) < 4.78 is 16.0. The molecule has 0 unspecified atom stereocenters. The average molecular weight is 596 g/mol. The fourth-order valence-corrected chi connectivity index (χ4v) is 5.31. The smallest absolute Gasteiger partial charge is 0.337 e. The van der Waals surface area contributed by atoms with Crippen molar-refractivity contribution in [1.82, 2.24) is 14.8 Å². The molecule has 11 heteroatoms. The van der Waals surface area contributed by atoms with Crippen molar-refractivity contribution < 1.29 is 28.9 Å². The molecule has 2 aliphatic heterocycles. The lowest BCUT2D eigenvalue weighted by Crippen LogP contribution is -2.48. The first-order valence-corrected chi connectivity index (χ1v) is 14.2. The highest BCUT2D eigenvalue weighted by Gasteiger charge is 2.23. The van der Waals surface area contributed by atoms with Gasteiger partial charge >= 0.3 is 5.97 Å². The highest BCUT2D eigenvalue weighted by Crippen LogP contribution is 2.36. The predicted molar refractivity (Wildman–Crippen MR) is 167 cm³/mol. The Kier molecular flexibility index (Phi) is 8.05. The van der Waals surface area contributed by atoms with E-state index in [1.807, 2.05) is 30.3 Å². The Labute approximate surface area is 254 Å². The van der Waals surface area contributed by atoms with Crippen LogP contribution in [0.3, 0.4) is 0 Å².